The predicted octanol–water partition coefficient (Wildman–Crippen LogP) is 4.31. The maximum Gasteiger partial charge on any atom is 0.365 e. The summed E-state index contributed by atoms with van der Waals surface area (Å²) in [6.45, 7) is 4.46. The number of halogens is 1. The van der Waals surface area contributed by atoms with E-state index in [1.54, 1.807) is 5.38 Å². The molecule has 0 aliphatic heterocycles. The minimum atomic E-state index is -1.01. The van der Waals surface area contributed by atoms with Crippen LogP contribution in [0.2, 0.25) is 0 Å². The van der Waals surface area contributed by atoms with Crippen LogP contribution in [-0.2, 0) is 6.61 Å². The predicted molar refractivity (Wildman–Crippen MR) is 81.6 cm³/mol. The molecule has 1 N–H and O–H groups in total. The van der Waals surface area contributed by atoms with Crippen LogP contribution in [0, 0.1) is 0 Å². The Bertz CT molecular complexity index is 625. The number of benzene rings is 1. The van der Waals surface area contributed by atoms with Crippen LogP contribution in [0.3, 0.4) is 0 Å². The topological polar surface area (TPSA) is 59.4 Å². The van der Waals surface area contributed by atoms with E-state index in [9.17, 15) is 4.79 Å². The number of carbonyl (C=O) groups is 1. The molecule has 0 amide bonds. The third-order valence-electron chi connectivity index (χ3n) is 2.70. The van der Waals surface area contributed by atoms with Gasteiger partial charge in [-0.1, -0.05) is 29.8 Å². The number of rotatable bonds is 5. The molecule has 0 unspecified atom stereocenters. The van der Waals surface area contributed by atoms with Crippen molar-refractivity contribution >= 4 is 33.2 Å². The Balaban J connectivity index is 2.12. The lowest BCUT2D eigenvalue weighted by Gasteiger charge is -2.13. The van der Waals surface area contributed by atoms with Gasteiger partial charge in [-0.15, -0.1) is 11.3 Å². The molecule has 0 saturated carbocycles. The van der Waals surface area contributed by atoms with E-state index in [2.05, 4.69) is 34.8 Å². The smallest absolute Gasteiger partial charge is 0.365 e. The SMILES string of the molecule is CC(C)c1cc(Br)ccc1OCc1csc(C(=O)O)n1. The molecule has 0 aliphatic rings. The first-order valence-electron chi connectivity index (χ1n) is 6.07. The molecule has 0 aliphatic carbocycles. The summed E-state index contributed by atoms with van der Waals surface area (Å²) in [6.07, 6.45) is 0. The number of ether oxygens (including phenoxy) is 1. The summed E-state index contributed by atoms with van der Waals surface area (Å²) in [5.74, 6) is 0.133. The Kier molecular flexibility index (Phi) is 4.77. The lowest BCUT2D eigenvalue weighted by molar-refractivity contribution is 0.0696. The highest BCUT2D eigenvalue weighted by molar-refractivity contribution is 9.10. The number of aromatic carboxylic acids is 1. The van der Waals surface area contributed by atoms with Gasteiger partial charge in [0.25, 0.3) is 0 Å². The van der Waals surface area contributed by atoms with E-state index in [1.165, 1.54) is 0 Å². The molecule has 0 fully saturated rings. The first-order chi connectivity index (χ1) is 9.47. The molecular weight excluding hydrogens is 342 g/mol. The number of thiazole rings is 1. The molecule has 1 aromatic carbocycles. The van der Waals surface area contributed by atoms with Gasteiger partial charge in [-0.25, -0.2) is 9.78 Å². The van der Waals surface area contributed by atoms with Crippen LogP contribution in [0.1, 0.15) is 40.8 Å². The van der Waals surface area contributed by atoms with E-state index in [1.807, 2.05) is 18.2 Å². The van der Waals surface area contributed by atoms with Gasteiger partial charge in [-0.05, 0) is 29.7 Å². The van der Waals surface area contributed by atoms with Crippen LogP contribution in [-0.4, -0.2) is 16.1 Å². The van der Waals surface area contributed by atoms with Crippen molar-refractivity contribution < 1.29 is 14.6 Å². The third-order valence-corrected chi connectivity index (χ3v) is 4.08. The number of nitrogens with zero attached hydrogens (tertiary/aromatic N) is 1. The van der Waals surface area contributed by atoms with Gasteiger partial charge in [0.2, 0.25) is 5.01 Å². The van der Waals surface area contributed by atoms with Crippen molar-refractivity contribution in [1.29, 1.82) is 0 Å². The van der Waals surface area contributed by atoms with Crippen LogP contribution in [0.25, 0.3) is 0 Å². The Labute approximate surface area is 129 Å². The van der Waals surface area contributed by atoms with E-state index >= 15 is 0 Å². The molecular formula is C14H14BrNO3S. The summed E-state index contributed by atoms with van der Waals surface area (Å²) in [5, 5.41) is 10.6. The van der Waals surface area contributed by atoms with Gasteiger partial charge in [0, 0.05) is 9.85 Å². The van der Waals surface area contributed by atoms with Gasteiger partial charge in [-0.3, -0.25) is 0 Å². The lowest BCUT2D eigenvalue weighted by Crippen LogP contribution is -2.01. The number of carboxylic acid groups (broad SMARTS) is 1. The van der Waals surface area contributed by atoms with Gasteiger partial charge in [0.15, 0.2) is 0 Å². The number of hydrogen-bond acceptors (Lipinski definition) is 4. The largest absolute Gasteiger partial charge is 0.487 e. The molecule has 1 heterocycles. The highest BCUT2D eigenvalue weighted by atomic mass is 79.9. The van der Waals surface area contributed by atoms with Gasteiger partial charge >= 0.3 is 5.97 Å². The molecule has 2 aromatic rings. The first-order valence-corrected chi connectivity index (χ1v) is 7.74. The zero-order valence-corrected chi connectivity index (χ0v) is 13.5. The van der Waals surface area contributed by atoms with Crippen molar-refractivity contribution in [1.82, 2.24) is 4.98 Å². The second-order valence-corrected chi connectivity index (χ2v) is 6.35. The minimum Gasteiger partial charge on any atom is -0.487 e. The molecule has 0 radical (unpaired) electrons. The monoisotopic (exact) mass is 355 g/mol. The highest BCUT2D eigenvalue weighted by Crippen LogP contribution is 2.30. The standard InChI is InChI=1S/C14H14BrNO3S/c1-8(2)11-5-9(15)3-4-12(11)19-6-10-7-20-13(16-10)14(17)18/h3-5,7-8H,6H2,1-2H3,(H,17,18). The Morgan fingerprint density at radius 1 is 1.50 bits per heavy atom. The van der Waals surface area contributed by atoms with Crippen molar-refractivity contribution in [2.24, 2.45) is 0 Å². The fourth-order valence-electron chi connectivity index (χ4n) is 1.73. The molecule has 0 bridgehead atoms. The normalized spacial score (nSPS) is 10.8. The first kappa shape index (κ1) is 15.0. The second kappa shape index (κ2) is 6.37. The van der Waals surface area contributed by atoms with Crippen molar-refractivity contribution in [3.8, 4) is 5.75 Å². The molecule has 20 heavy (non-hydrogen) atoms. The highest BCUT2D eigenvalue weighted by Gasteiger charge is 2.12. The van der Waals surface area contributed by atoms with Crippen LogP contribution >= 0.6 is 27.3 Å². The number of aromatic nitrogens is 1. The van der Waals surface area contributed by atoms with Gasteiger partial charge in [0.05, 0.1) is 5.69 Å². The van der Waals surface area contributed by atoms with Gasteiger partial charge in [0.1, 0.15) is 12.4 Å². The van der Waals surface area contributed by atoms with Crippen LogP contribution in [0.4, 0.5) is 0 Å². The minimum absolute atomic E-state index is 0.0866. The maximum absolute atomic E-state index is 10.8. The summed E-state index contributed by atoms with van der Waals surface area (Å²) < 4.78 is 6.77. The average molecular weight is 356 g/mol. The van der Waals surface area contributed by atoms with E-state index < -0.39 is 5.97 Å². The Hall–Kier alpha value is -1.40. The quantitative estimate of drug-likeness (QED) is 0.868. The van der Waals surface area contributed by atoms with Crippen molar-refractivity contribution in [3.05, 3.63) is 44.3 Å². The fraction of sp³-hybridized carbons (Fsp3) is 0.286. The van der Waals surface area contributed by atoms with E-state index in [4.69, 9.17) is 9.84 Å². The van der Waals surface area contributed by atoms with Crippen LogP contribution in [0.5, 0.6) is 5.75 Å². The summed E-state index contributed by atoms with van der Waals surface area (Å²) in [5.41, 5.74) is 1.73. The molecule has 0 atom stereocenters. The van der Waals surface area contributed by atoms with Crippen LogP contribution in [0.15, 0.2) is 28.1 Å². The summed E-state index contributed by atoms with van der Waals surface area (Å²) >= 11 is 4.56. The third kappa shape index (κ3) is 3.58. The van der Waals surface area contributed by atoms with E-state index in [-0.39, 0.29) is 11.6 Å². The Morgan fingerprint density at radius 3 is 2.85 bits per heavy atom. The summed E-state index contributed by atoms with van der Waals surface area (Å²) in [6, 6.07) is 5.86. The molecule has 106 valence electrons. The zero-order valence-electron chi connectivity index (χ0n) is 11.1. The molecule has 6 heteroatoms. The zero-order chi connectivity index (χ0) is 14.7. The molecule has 4 nitrogen and oxygen atoms in total. The second-order valence-electron chi connectivity index (χ2n) is 4.57. The van der Waals surface area contributed by atoms with Crippen molar-refractivity contribution in [3.63, 3.8) is 0 Å². The number of carboxylic acids is 1. The molecule has 2 rings (SSSR count). The fourth-order valence-corrected chi connectivity index (χ4v) is 2.74. The molecule has 0 saturated heterocycles. The number of hydrogen-bond donors (Lipinski definition) is 1. The van der Waals surface area contributed by atoms with E-state index in [0.717, 1.165) is 27.1 Å². The van der Waals surface area contributed by atoms with Gasteiger partial charge in [-0.2, -0.15) is 0 Å². The maximum atomic E-state index is 10.8. The summed E-state index contributed by atoms with van der Waals surface area (Å²) in [7, 11) is 0. The molecule has 1 aromatic heterocycles. The van der Waals surface area contributed by atoms with Crippen molar-refractivity contribution in [2.75, 3.05) is 0 Å². The average Bonchev–Trinajstić information content (AvgIpc) is 2.86. The Morgan fingerprint density at radius 2 is 2.25 bits per heavy atom. The van der Waals surface area contributed by atoms with Crippen LogP contribution < -0.4 is 4.74 Å². The molecule has 0 spiro atoms. The lowest BCUT2D eigenvalue weighted by atomic mass is 10.0. The summed E-state index contributed by atoms with van der Waals surface area (Å²) in [4.78, 5) is 14.8. The van der Waals surface area contributed by atoms with Gasteiger partial charge < -0.3 is 9.84 Å². The van der Waals surface area contributed by atoms with E-state index in [0.29, 0.717) is 11.6 Å². The van der Waals surface area contributed by atoms with Crippen molar-refractivity contribution in [2.45, 2.75) is 26.4 Å².